The van der Waals surface area contributed by atoms with Gasteiger partial charge in [-0.05, 0) is 107 Å². The van der Waals surface area contributed by atoms with E-state index in [1.54, 1.807) is 25.7 Å². The lowest BCUT2D eigenvalue weighted by Crippen LogP contribution is -2.64. The van der Waals surface area contributed by atoms with Crippen LogP contribution in [0.4, 0.5) is 4.79 Å². The second-order valence-electron chi connectivity index (χ2n) is 18.9. The molecule has 0 aromatic carbocycles. The van der Waals surface area contributed by atoms with Gasteiger partial charge in [0.1, 0.15) is 12.1 Å². The Hall–Kier alpha value is -2.70. The molecule has 5 N–H and O–H groups in total. The average Bonchev–Trinajstić information content (AvgIpc) is 3.62. The third-order valence-electron chi connectivity index (χ3n) is 14.3. The van der Waals surface area contributed by atoms with Crippen molar-refractivity contribution in [1.82, 2.24) is 20.9 Å². The Morgan fingerprint density at radius 1 is 0.827 bits per heavy atom. The number of rotatable bonds is 12. The molecule has 13 heteroatoms. The van der Waals surface area contributed by atoms with Gasteiger partial charge >= 0.3 is 6.03 Å². The fourth-order valence-electron chi connectivity index (χ4n) is 10.5. The number of Topliss-reactive ketones (excluding diaryl/α,β-unsaturated/α-hetero) is 1. The number of nitrogens with zero attached hydrogens (tertiary/aromatic N) is 1. The number of urea groups is 1. The largest absolute Gasteiger partial charge is 0.363 e. The van der Waals surface area contributed by atoms with Crippen molar-refractivity contribution in [2.24, 2.45) is 34.3 Å². The maximum atomic E-state index is 15.1. The van der Waals surface area contributed by atoms with Crippen LogP contribution >= 0.6 is 0 Å². The Morgan fingerprint density at radius 3 is 1.98 bits per heavy atom. The minimum Gasteiger partial charge on any atom is -0.363 e. The zero-order valence-electron chi connectivity index (χ0n) is 31.9. The third kappa shape index (κ3) is 7.76. The van der Waals surface area contributed by atoms with E-state index in [1.165, 1.54) is 0 Å². The first-order valence-corrected chi connectivity index (χ1v) is 21.8. The zero-order valence-corrected chi connectivity index (χ0v) is 32.7. The van der Waals surface area contributed by atoms with Crippen molar-refractivity contribution in [1.29, 1.82) is 0 Å². The summed E-state index contributed by atoms with van der Waals surface area (Å²) in [5, 5.41) is 9.11. The Kier molecular flexibility index (Phi) is 10.9. The van der Waals surface area contributed by atoms with Gasteiger partial charge in [-0.1, -0.05) is 64.7 Å². The van der Waals surface area contributed by atoms with Crippen molar-refractivity contribution in [3.8, 4) is 0 Å². The number of carbonyl (C=O) groups is 5. The van der Waals surface area contributed by atoms with Gasteiger partial charge in [0.2, 0.25) is 17.6 Å². The van der Waals surface area contributed by atoms with E-state index in [-0.39, 0.29) is 34.8 Å². The molecule has 0 aromatic rings. The van der Waals surface area contributed by atoms with Crippen LogP contribution < -0.4 is 21.7 Å². The van der Waals surface area contributed by atoms with Crippen LogP contribution in [-0.2, 0) is 29.0 Å². The molecule has 5 amide bonds. The van der Waals surface area contributed by atoms with Gasteiger partial charge in [-0.25, -0.2) is 13.2 Å². The predicted octanol–water partition coefficient (Wildman–Crippen LogP) is 4.29. The van der Waals surface area contributed by atoms with Crippen molar-refractivity contribution in [3.63, 3.8) is 0 Å². The summed E-state index contributed by atoms with van der Waals surface area (Å²) in [6.07, 6.45) is 15.1. The van der Waals surface area contributed by atoms with E-state index in [9.17, 15) is 27.6 Å². The molecule has 1 aliphatic heterocycles. The highest BCUT2D eigenvalue weighted by Gasteiger charge is 2.64. The van der Waals surface area contributed by atoms with Gasteiger partial charge in [0.05, 0.1) is 22.1 Å². The van der Waals surface area contributed by atoms with E-state index in [0.717, 1.165) is 96.3 Å². The second-order valence-corrected chi connectivity index (χ2v) is 21.6. The minimum absolute atomic E-state index is 0.0822. The number of sulfone groups is 1. The lowest BCUT2D eigenvalue weighted by molar-refractivity contribution is -0.145. The maximum Gasteiger partial charge on any atom is 0.315 e. The SMILES string of the molecule is CC1([C@H](NC(=O)NC2(CS(=O)(=O)C(C)(C)C)CCCCC2)C(=O)N2C[C@H]3[C@H](CCC34CC4)[C@H]2C(=O)NC(CC2CCC2)C(=O)C(N)=O)CCCCC1. The van der Waals surface area contributed by atoms with E-state index in [2.05, 4.69) is 16.0 Å². The van der Waals surface area contributed by atoms with Gasteiger partial charge < -0.3 is 26.6 Å². The molecule has 52 heavy (non-hydrogen) atoms. The number of ketones is 1. The van der Waals surface area contributed by atoms with Crippen molar-refractivity contribution < 1.29 is 32.4 Å². The molecular formula is C39H63N5O7S. The quantitative estimate of drug-likeness (QED) is 0.215. The number of carbonyl (C=O) groups excluding carboxylic acids is 5. The molecule has 6 rings (SSSR count). The van der Waals surface area contributed by atoms with E-state index >= 15 is 4.79 Å². The molecule has 0 aromatic heterocycles. The molecule has 6 aliphatic rings. The summed E-state index contributed by atoms with van der Waals surface area (Å²) in [7, 11) is -3.57. The van der Waals surface area contributed by atoms with Gasteiger partial charge in [0.15, 0.2) is 9.84 Å². The van der Waals surface area contributed by atoms with Crippen molar-refractivity contribution in [2.45, 2.75) is 172 Å². The van der Waals surface area contributed by atoms with Crippen molar-refractivity contribution in [3.05, 3.63) is 0 Å². The highest BCUT2D eigenvalue weighted by molar-refractivity contribution is 7.92. The summed E-state index contributed by atoms with van der Waals surface area (Å²) >= 11 is 0. The molecule has 12 nitrogen and oxygen atoms in total. The Labute approximate surface area is 310 Å². The number of amides is 5. The molecule has 0 bridgehead atoms. The number of fused-ring (bicyclic) bond motifs is 2. The van der Waals surface area contributed by atoms with Crippen molar-refractivity contribution >= 4 is 39.4 Å². The van der Waals surface area contributed by atoms with E-state index in [0.29, 0.717) is 25.8 Å². The van der Waals surface area contributed by atoms with E-state index < -0.39 is 67.3 Å². The highest BCUT2D eigenvalue weighted by atomic mass is 32.2. The smallest absolute Gasteiger partial charge is 0.315 e. The molecule has 1 saturated heterocycles. The average molecular weight is 746 g/mol. The van der Waals surface area contributed by atoms with Crippen LogP contribution in [0, 0.1) is 28.6 Å². The summed E-state index contributed by atoms with van der Waals surface area (Å²) in [5.74, 6) is -2.50. The Bertz CT molecular complexity index is 1520. The van der Waals surface area contributed by atoms with Crippen LogP contribution in [-0.4, -0.2) is 83.6 Å². The van der Waals surface area contributed by atoms with E-state index in [4.69, 9.17) is 5.73 Å². The molecule has 292 valence electrons. The number of nitrogens with two attached hydrogens (primary N) is 1. The number of likely N-dealkylation sites (tertiary alicyclic amines) is 1. The molecule has 5 atom stereocenters. The number of hydrogen-bond acceptors (Lipinski definition) is 7. The number of hydrogen-bond donors (Lipinski definition) is 4. The molecule has 1 spiro atoms. The van der Waals surface area contributed by atoms with Gasteiger partial charge in [0, 0.05) is 6.54 Å². The fourth-order valence-corrected chi connectivity index (χ4v) is 12.0. The Morgan fingerprint density at radius 2 is 1.44 bits per heavy atom. The lowest BCUT2D eigenvalue weighted by atomic mass is 9.70. The Balaban J connectivity index is 1.28. The summed E-state index contributed by atoms with van der Waals surface area (Å²) < 4.78 is 26.0. The summed E-state index contributed by atoms with van der Waals surface area (Å²) in [5.41, 5.74) is 4.04. The highest BCUT2D eigenvalue weighted by Crippen LogP contribution is 2.66. The van der Waals surface area contributed by atoms with Gasteiger partial charge in [-0.3, -0.25) is 19.2 Å². The predicted molar refractivity (Wildman–Crippen MR) is 197 cm³/mol. The first-order chi connectivity index (χ1) is 24.4. The van der Waals surface area contributed by atoms with Crippen LogP contribution in [0.2, 0.25) is 0 Å². The first kappa shape index (κ1) is 39.0. The first-order valence-electron chi connectivity index (χ1n) is 20.1. The van der Waals surface area contributed by atoms with Crippen LogP contribution in [0.3, 0.4) is 0 Å². The normalized spacial score (nSPS) is 28.9. The van der Waals surface area contributed by atoms with Crippen LogP contribution in [0.15, 0.2) is 0 Å². The summed E-state index contributed by atoms with van der Waals surface area (Å²) in [6.45, 7) is 7.49. The van der Waals surface area contributed by atoms with Gasteiger partial charge in [-0.15, -0.1) is 0 Å². The maximum absolute atomic E-state index is 15.1. The van der Waals surface area contributed by atoms with Crippen LogP contribution in [0.25, 0.3) is 0 Å². The molecule has 6 fully saturated rings. The third-order valence-corrected chi connectivity index (χ3v) is 17.1. The summed E-state index contributed by atoms with van der Waals surface area (Å²) in [4.78, 5) is 70.4. The molecular weight excluding hydrogens is 683 g/mol. The fraction of sp³-hybridized carbons (Fsp3) is 0.872. The lowest BCUT2D eigenvalue weighted by Gasteiger charge is -2.44. The molecule has 1 unspecified atom stereocenters. The topological polar surface area (TPSA) is 185 Å². The molecule has 0 radical (unpaired) electrons. The van der Waals surface area contributed by atoms with E-state index in [1.807, 2.05) is 6.92 Å². The van der Waals surface area contributed by atoms with Crippen LogP contribution in [0.1, 0.15) is 143 Å². The van der Waals surface area contributed by atoms with Gasteiger partial charge in [0.25, 0.3) is 5.91 Å². The number of nitrogens with one attached hydrogen (secondary N) is 3. The molecule has 5 saturated carbocycles. The second kappa shape index (κ2) is 14.5. The standard InChI is InChI=1S/C39H63N5O7S/c1-36(2,3)52(50,51)24-39(17-9-6-10-18-39)43-35(49)42-31(37(4)15-7-5-8-16-37)34(48)44-23-27-26(14-19-38(27)20-21-38)29(44)33(47)41-28(30(45)32(40)46)22-25-12-11-13-25/h25-29,31H,5-24H2,1-4H3,(H2,40,46)(H,41,47)(H2,42,43,49)/t26-,27-,28?,29-,31+/m0/s1. The molecule has 5 aliphatic carbocycles. The molecule has 1 heterocycles. The zero-order chi connectivity index (χ0) is 37.7. The van der Waals surface area contributed by atoms with Crippen molar-refractivity contribution in [2.75, 3.05) is 12.3 Å². The van der Waals surface area contributed by atoms with Gasteiger partial charge in [-0.2, -0.15) is 0 Å². The monoisotopic (exact) mass is 745 g/mol. The summed E-state index contributed by atoms with van der Waals surface area (Å²) in [6, 6.07) is -3.35. The van der Waals surface area contributed by atoms with Crippen LogP contribution in [0.5, 0.6) is 0 Å². The minimum atomic E-state index is -3.57. The number of primary amides is 1.